The van der Waals surface area contributed by atoms with Crippen LogP contribution in [-0.4, -0.2) is 30.9 Å². The maximum atomic E-state index is 12.6. The average molecular weight is 364 g/mol. The van der Waals surface area contributed by atoms with E-state index in [1.807, 2.05) is 19.3 Å². The van der Waals surface area contributed by atoms with E-state index in [0.717, 1.165) is 30.5 Å². The molecule has 1 amide bonds. The number of rotatable bonds is 2. The molecule has 7 heteroatoms. The third-order valence-electron chi connectivity index (χ3n) is 5.47. The Balaban J connectivity index is 1.52. The number of fused-ring (bicyclic) bond motifs is 2. The highest BCUT2D eigenvalue weighted by Gasteiger charge is 2.29. The van der Waals surface area contributed by atoms with E-state index in [1.54, 1.807) is 16.8 Å². The van der Waals surface area contributed by atoms with Gasteiger partial charge in [0.05, 0.1) is 5.52 Å². The lowest BCUT2D eigenvalue weighted by molar-refractivity contribution is 0.102. The number of carbonyl (C=O) groups is 1. The van der Waals surface area contributed by atoms with Crippen LogP contribution in [0.2, 0.25) is 0 Å². The Morgan fingerprint density at radius 3 is 2.89 bits per heavy atom. The molecule has 2 aromatic heterocycles. The van der Waals surface area contributed by atoms with Crippen LogP contribution >= 0.6 is 0 Å². The fourth-order valence-electron chi connectivity index (χ4n) is 3.66. The van der Waals surface area contributed by atoms with Gasteiger partial charge in [-0.05, 0) is 54.4 Å². The van der Waals surface area contributed by atoms with Gasteiger partial charge in [-0.1, -0.05) is 26.0 Å². The summed E-state index contributed by atoms with van der Waals surface area (Å²) in [5, 5.41) is 10.8. The van der Waals surface area contributed by atoms with Crippen LogP contribution in [0.4, 0.5) is 5.95 Å². The zero-order chi connectivity index (χ0) is 19.2. The fourth-order valence-corrected chi connectivity index (χ4v) is 3.66. The second-order valence-corrected chi connectivity index (χ2v) is 8.34. The Morgan fingerprint density at radius 2 is 2.11 bits per heavy atom. The molecule has 1 N–H and O–H groups in total. The maximum absolute atomic E-state index is 12.6. The molecule has 0 fully saturated rings. The first-order valence-electron chi connectivity index (χ1n) is 9.27. The number of amides is 1. The van der Waals surface area contributed by atoms with Crippen molar-refractivity contribution in [3.8, 4) is 0 Å². The number of nitrogens with zero attached hydrogens (tertiary/aromatic N) is 5. The highest BCUT2D eigenvalue weighted by Crippen LogP contribution is 2.36. The summed E-state index contributed by atoms with van der Waals surface area (Å²) >= 11 is 0. The van der Waals surface area contributed by atoms with E-state index < -0.39 is 0 Å². The average Bonchev–Trinajstić information content (AvgIpc) is 3.01. The minimum atomic E-state index is -0.245. The van der Waals surface area contributed by atoms with Gasteiger partial charge in [-0.2, -0.15) is 0 Å². The summed E-state index contributed by atoms with van der Waals surface area (Å²) in [7, 11) is 1.82. The van der Waals surface area contributed by atoms with Gasteiger partial charge in [0.25, 0.3) is 5.91 Å². The van der Waals surface area contributed by atoms with Crippen LogP contribution < -0.4 is 5.32 Å². The molecule has 1 aromatic carbocycles. The summed E-state index contributed by atoms with van der Waals surface area (Å²) in [4.78, 5) is 21.5. The Bertz CT molecular complexity index is 1020. The molecule has 140 valence electrons. The van der Waals surface area contributed by atoms with Gasteiger partial charge in [-0.25, -0.2) is 14.6 Å². The van der Waals surface area contributed by atoms with Crippen molar-refractivity contribution in [2.24, 2.45) is 18.4 Å². The normalized spacial score (nSPS) is 17.0. The monoisotopic (exact) mass is 364 g/mol. The molecule has 0 saturated carbocycles. The number of benzene rings is 1. The predicted molar refractivity (Wildman–Crippen MR) is 103 cm³/mol. The number of carbonyl (C=O) groups excluding carboxylic acids is 1. The van der Waals surface area contributed by atoms with Crippen molar-refractivity contribution in [2.45, 2.75) is 40.0 Å². The number of aryl methyl sites for hydroxylation is 2. The topological polar surface area (TPSA) is 85.6 Å². The van der Waals surface area contributed by atoms with Gasteiger partial charge < -0.3 is 0 Å². The van der Waals surface area contributed by atoms with Crippen molar-refractivity contribution in [1.29, 1.82) is 0 Å². The van der Waals surface area contributed by atoms with E-state index in [9.17, 15) is 4.79 Å². The van der Waals surface area contributed by atoms with Crippen molar-refractivity contribution >= 4 is 22.9 Å². The van der Waals surface area contributed by atoms with Crippen LogP contribution in [0.15, 0.2) is 24.4 Å². The molecule has 3 aromatic rings. The van der Waals surface area contributed by atoms with Gasteiger partial charge in [-0.15, -0.1) is 5.10 Å². The Morgan fingerprint density at radius 1 is 1.30 bits per heavy atom. The molecule has 0 spiro atoms. The summed E-state index contributed by atoms with van der Waals surface area (Å²) in [6, 6.07) is 5.32. The van der Waals surface area contributed by atoms with E-state index >= 15 is 0 Å². The molecule has 1 aliphatic rings. The lowest BCUT2D eigenvalue weighted by atomic mass is 9.72. The second-order valence-electron chi connectivity index (χ2n) is 8.34. The van der Waals surface area contributed by atoms with Crippen LogP contribution in [-0.2, 0) is 19.9 Å². The van der Waals surface area contributed by atoms with Crippen LogP contribution in [0.25, 0.3) is 11.0 Å². The minimum Gasteiger partial charge on any atom is -0.290 e. The van der Waals surface area contributed by atoms with Gasteiger partial charge in [-0.3, -0.25) is 10.1 Å². The van der Waals surface area contributed by atoms with E-state index in [4.69, 9.17) is 0 Å². The van der Waals surface area contributed by atoms with E-state index in [0.29, 0.717) is 22.9 Å². The first kappa shape index (κ1) is 17.6. The summed E-state index contributed by atoms with van der Waals surface area (Å²) in [5.41, 5.74) is 4.60. The molecule has 1 unspecified atom stereocenters. The highest BCUT2D eigenvalue weighted by molar-refractivity contribution is 6.05. The first-order valence-corrected chi connectivity index (χ1v) is 9.27. The molecular weight excluding hydrogens is 340 g/mol. The van der Waals surface area contributed by atoms with Crippen LogP contribution in [0, 0.1) is 11.3 Å². The van der Waals surface area contributed by atoms with E-state index in [1.165, 1.54) is 5.56 Å². The maximum Gasteiger partial charge on any atom is 0.258 e. The quantitative estimate of drug-likeness (QED) is 0.755. The van der Waals surface area contributed by atoms with Crippen LogP contribution in [0.5, 0.6) is 0 Å². The Kier molecular flexibility index (Phi) is 4.17. The second kappa shape index (κ2) is 6.40. The number of nitrogens with one attached hydrogen (secondary N) is 1. The minimum absolute atomic E-state index is 0.245. The van der Waals surface area contributed by atoms with Gasteiger partial charge in [0.15, 0.2) is 0 Å². The third-order valence-corrected chi connectivity index (χ3v) is 5.47. The zero-order valence-corrected chi connectivity index (χ0v) is 16.2. The molecule has 2 heterocycles. The van der Waals surface area contributed by atoms with Gasteiger partial charge in [0.2, 0.25) is 5.95 Å². The number of aromatic nitrogens is 5. The molecule has 4 rings (SSSR count). The van der Waals surface area contributed by atoms with Crippen molar-refractivity contribution < 1.29 is 4.79 Å². The highest BCUT2D eigenvalue weighted by atomic mass is 16.1. The molecule has 0 radical (unpaired) electrons. The first-order chi connectivity index (χ1) is 12.8. The smallest absolute Gasteiger partial charge is 0.258 e. The van der Waals surface area contributed by atoms with Gasteiger partial charge in [0.1, 0.15) is 5.52 Å². The number of hydrogen-bond acceptors (Lipinski definition) is 5. The molecule has 27 heavy (non-hydrogen) atoms. The predicted octanol–water partition coefficient (Wildman–Crippen LogP) is 3.16. The SMILES string of the molecule is Cn1nnc2cc(C(=O)Nc3ncc4c(n3)CCC(C(C)(C)C)C4)ccc21. The summed E-state index contributed by atoms with van der Waals surface area (Å²) in [5.74, 6) is 0.742. The van der Waals surface area contributed by atoms with Gasteiger partial charge in [0, 0.05) is 24.5 Å². The molecule has 1 atom stereocenters. The molecular formula is C20H24N6O. The lowest BCUT2D eigenvalue weighted by Gasteiger charge is -2.34. The Hall–Kier alpha value is -2.83. The molecule has 0 saturated heterocycles. The van der Waals surface area contributed by atoms with Gasteiger partial charge >= 0.3 is 0 Å². The van der Waals surface area contributed by atoms with Crippen molar-refractivity contribution in [1.82, 2.24) is 25.0 Å². The fraction of sp³-hybridized carbons (Fsp3) is 0.450. The van der Waals surface area contributed by atoms with Crippen LogP contribution in [0.3, 0.4) is 0 Å². The summed E-state index contributed by atoms with van der Waals surface area (Å²) in [6.07, 6.45) is 4.90. The summed E-state index contributed by atoms with van der Waals surface area (Å²) < 4.78 is 1.68. The number of hydrogen-bond donors (Lipinski definition) is 1. The largest absolute Gasteiger partial charge is 0.290 e. The lowest BCUT2D eigenvalue weighted by Crippen LogP contribution is -2.28. The van der Waals surface area contributed by atoms with Crippen LogP contribution in [0.1, 0.15) is 48.8 Å². The number of anilines is 1. The zero-order valence-electron chi connectivity index (χ0n) is 16.2. The third kappa shape index (κ3) is 3.41. The van der Waals surface area contributed by atoms with E-state index in [2.05, 4.69) is 46.4 Å². The van der Waals surface area contributed by atoms with E-state index in [-0.39, 0.29) is 11.3 Å². The molecule has 0 aliphatic heterocycles. The van der Waals surface area contributed by atoms with Crippen molar-refractivity contribution in [3.05, 3.63) is 41.2 Å². The molecule has 7 nitrogen and oxygen atoms in total. The van der Waals surface area contributed by atoms with Crippen molar-refractivity contribution in [2.75, 3.05) is 5.32 Å². The summed E-state index contributed by atoms with van der Waals surface area (Å²) in [6.45, 7) is 6.85. The Labute approximate surface area is 158 Å². The standard InChI is InChI=1S/C20H24N6O/c1-20(2,3)14-6-7-15-13(9-14)11-21-19(22-15)23-18(27)12-5-8-17-16(10-12)24-25-26(17)4/h5,8,10-11,14H,6-7,9H2,1-4H3,(H,21,22,23,27). The molecule has 1 aliphatic carbocycles. The van der Waals surface area contributed by atoms with Crippen molar-refractivity contribution in [3.63, 3.8) is 0 Å². The molecule has 0 bridgehead atoms.